The molecule has 102 valence electrons. The van der Waals surface area contributed by atoms with Crippen LogP contribution in [0.3, 0.4) is 0 Å². The molecule has 3 N–H and O–H groups in total. The van der Waals surface area contributed by atoms with Crippen LogP contribution in [-0.4, -0.2) is 20.9 Å². The van der Waals surface area contributed by atoms with Crippen molar-refractivity contribution < 1.29 is 9.21 Å². The molecule has 0 aliphatic rings. The third-order valence-corrected chi connectivity index (χ3v) is 2.67. The second kappa shape index (κ2) is 5.66. The largest absolute Gasteiger partial charge is 0.464 e. The summed E-state index contributed by atoms with van der Waals surface area (Å²) in [6.45, 7) is 4.14. The average Bonchev–Trinajstić information content (AvgIpc) is 2.97. The molecule has 0 aliphatic carbocycles. The van der Waals surface area contributed by atoms with E-state index < -0.39 is 0 Å². The normalized spacial score (nSPS) is 12.4. The molecule has 2 aromatic heterocycles. The Labute approximate surface area is 110 Å². The van der Waals surface area contributed by atoms with Crippen LogP contribution in [0.1, 0.15) is 30.2 Å². The fourth-order valence-corrected chi connectivity index (χ4v) is 1.70. The summed E-state index contributed by atoms with van der Waals surface area (Å²) >= 11 is 0. The zero-order chi connectivity index (χ0) is 13.8. The average molecular weight is 263 g/mol. The predicted octanol–water partition coefficient (Wildman–Crippen LogP) is 0.516. The number of nitrogens with one attached hydrogen (secondary N) is 1. The van der Waals surface area contributed by atoms with Gasteiger partial charge in [0.2, 0.25) is 5.91 Å². The topological polar surface area (TPSA) is 99.0 Å². The summed E-state index contributed by atoms with van der Waals surface area (Å²) < 4.78 is 6.91. The number of furan rings is 1. The van der Waals surface area contributed by atoms with Gasteiger partial charge in [0.1, 0.15) is 18.1 Å². The van der Waals surface area contributed by atoms with Gasteiger partial charge in [-0.25, -0.2) is 4.68 Å². The number of aryl methyl sites for hydroxylation is 1. The van der Waals surface area contributed by atoms with E-state index in [4.69, 9.17) is 10.2 Å². The highest BCUT2D eigenvalue weighted by molar-refractivity contribution is 5.76. The molecule has 0 fully saturated rings. The number of rotatable bonds is 5. The van der Waals surface area contributed by atoms with Gasteiger partial charge in [0, 0.05) is 6.54 Å². The Balaban J connectivity index is 1.90. The molecule has 2 rings (SSSR count). The molecule has 0 radical (unpaired) electrons. The first-order valence-electron chi connectivity index (χ1n) is 6.03. The van der Waals surface area contributed by atoms with Crippen molar-refractivity contribution in [3.63, 3.8) is 0 Å². The number of carbonyl (C=O) groups is 1. The smallest absolute Gasteiger partial charge is 0.242 e. The fourth-order valence-electron chi connectivity index (χ4n) is 1.70. The Kier molecular flexibility index (Phi) is 3.96. The van der Waals surface area contributed by atoms with E-state index in [-0.39, 0.29) is 18.5 Å². The van der Waals surface area contributed by atoms with Gasteiger partial charge in [-0.3, -0.25) is 4.79 Å². The van der Waals surface area contributed by atoms with E-state index in [0.29, 0.717) is 12.2 Å². The van der Waals surface area contributed by atoms with Gasteiger partial charge in [-0.05, 0) is 26.0 Å². The zero-order valence-corrected chi connectivity index (χ0v) is 11.0. The summed E-state index contributed by atoms with van der Waals surface area (Å²) in [5.74, 6) is 1.39. The first-order chi connectivity index (χ1) is 9.08. The maximum absolute atomic E-state index is 11.8. The van der Waals surface area contributed by atoms with Gasteiger partial charge < -0.3 is 15.5 Å². The van der Waals surface area contributed by atoms with E-state index in [9.17, 15) is 4.79 Å². The van der Waals surface area contributed by atoms with Gasteiger partial charge in [-0.2, -0.15) is 0 Å². The molecular weight excluding hydrogens is 246 g/mol. The summed E-state index contributed by atoms with van der Waals surface area (Å²) in [7, 11) is 0. The summed E-state index contributed by atoms with van der Waals surface area (Å²) in [4.78, 5) is 11.8. The molecule has 0 saturated carbocycles. The summed E-state index contributed by atoms with van der Waals surface area (Å²) in [5, 5.41) is 10.5. The molecule has 7 heteroatoms. The van der Waals surface area contributed by atoms with Crippen LogP contribution in [0.15, 0.2) is 22.7 Å². The van der Waals surface area contributed by atoms with Crippen molar-refractivity contribution in [2.75, 3.05) is 0 Å². The Bertz CT molecular complexity index is 560. The van der Waals surface area contributed by atoms with Crippen LogP contribution >= 0.6 is 0 Å². The zero-order valence-electron chi connectivity index (χ0n) is 11.0. The number of carbonyl (C=O) groups excluding carboxylic acids is 1. The second-order valence-electron chi connectivity index (χ2n) is 4.35. The van der Waals surface area contributed by atoms with Gasteiger partial charge >= 0.3 is 0 Å². The number of hydrogen-bond acceptors (Lipinski definition) is 5. The molecule has 2 heterocycles. The lowest BCUT2D eigenvalue weighted by atomic mass is 10.2. The predicted molar refractivity (Wildman–Crippen MR) is 67.9 cm³/mol. The van der Waals surface area contributed by atoms with Crippen molar-refractivity contribution in [3.8, 4) is 0 Å². The van der Waals surface area contributed by atoms with Crippen LogP contribution in [0.25, 0.3) is 0 Å². The van der Waals surface area contributed by atoms with E-state index in [0.717, 1.165) is 11.5 Å². The lowest BCUT2D eigenvalue weighted by Gasteiger charge is -2.11. The van der Waals surface area contributed by atoms with Crippen LogP contribution < -0.4 is 11.1 Å². The van der Waals surface area contributed by atoms with E-state index in [1.807, 2.05) is 26.0 Å². The third-order valence-electron chi connectivity index (χ3n) is 2.67. The molecule has 0 spiro atoms. The molecule has 0 saturated heterocycles. The molecule has 0 aromatic carbocycles. The highest BCUT2D eigenvalue weighted by Gasteiger charge is 2.13. The van der Waals surface area contributed by atoms with Gasteiger partial charge in [-0.1, -0.05) is 5.21 Å². The molecule has 1 amide bonds. The van der Waals surface area contributed by atoms with E-state index in [1.54, 1.807) is 6.20 Å². The number of hydrogen-bond donors (Lipinski definition) is 2. The highest BCUT2D eigenvalue weighted by Crippen LogP contribution is 2.15. The molecule has 19 heavy (non-hydrogen) atoms. The van der Waals surface area contributed by atoms with E-state index >= 15 is 0 Å². The SMILES string of the molecule is Cc1ccc(C(C)NC(=O)Cn2cc(CN)nn2)o1. The van der Waals surface area contributed by atoms with Crippen molar-refractivity contribution in [2.24, 2.45) is 5.73 Å². The van der Waals surface area contributed by atoms with Gasteiger partial charge in [-0.15, -0.1) is 5.10 Å². The van der Waals surface area contributed by atoms with Crippen molar-refractivity contribution in [1.29, 1.82) is 0 Å². The third kappa shape index (κ3) is 3.41. The summed E-state index contributed by atoms with van der Waals surface area (Å²) in [5.41, 5.74) is 6.08. The minimum Gasteiger partial charge on any atom is -0.464 e. The lowest BCUT2D eigenvalue weighted by molar-refractivity contribution is -0.122. The fraction of sp³-hybridized carbons (Fsp3) is 0.417. The minimum atomic E-state index is -0.182. The molecule has 7 nitrogen and oxygen atoms in total. The summed E-state index contributed by atoms with van der Waals surface area (Å²) in [6.07, 6.45) is 1.65. The number of amides is 1. The first-order valence-corrected chi connectivity index (χ1v) is 6.03. The van der Waals surface area contributed by atoms with Crippen molar-refractivity contribution >= 4 is 5.91 Å². The van der Waals surface area contributed by atoms with Crippen LogP contribution in [0.2, 0.25) is 0 Å². The lowest BCUT2D eigenvalue weighted by Crippen LogP contribution is -2.30. The van der Waals surface area contributed by atoms with Gasteiger partial charge in [0.15, 0.2) is 0 Å². The van der Waals surface area contributed by atoms with E-state index in [1.165, 1.54) is 4.68 Å². The number of nitrogens with zero attached hydrogens (tertiary/aromatic N) is 3. The number of aromatic nitrogens is 3. The maximum atomic E-state index is 11.8. The minimum absolute atomic E-state index is 0.108. The molecule has 1 unspecified atom stereocenters. The standard InChI is InChI=1S/C12H17N5O2/c1-8-3-4-11(19-8)9(2)14-12(18)7-17-6-10(5-13)15-16-17/h3-4,6,9H,5,7,13H2,1-2H3,(H,14,18). The monoisotopic (exact) mass is 263 g/mol. The van der Waals surface area contributed by atoms with Crippen LogP contribution in [0.5, 0.6) is 0 Å². The Morgan fingerprint density at radius 2 is 2.37 bits per heavy atom. The second-order valence-corrected chi connectivity index (χ2v) is 4.35. The van der Waals surface area contributed by atoms with Gasteiger partial charge in [0.25, 0.3) is 0 Å². The van der Waals surface area contributed by atoms with Crippen LogP contribution in [0, 0.1) is 6.92 Å². The molecule has 1 atom stereocenters. The Hall–Kier alpha value is -2.15. The van der Waals surface area contributed by atoms with Crippen molar-refractivity contribution in [2.45, 2.75) is 33.0 Å². The van der Waals surface area contributed by atoms with Crippen LogP contribution in [0.4, 0.5) is 0 Å². The van der Waals surface area contributed by atoms with Crippen molar-refractivity contribution in [1.82, 2.24) is 20.3 Å². The Morgan fingerprint density at radius 1 is 1.58 bits per heavy atom. The Morgan fingerprint density at radius 3 is 2.95 bits per heavy atom. The molecular formula is C12H17N5O2. The summed E-state index contributed by atoms with van der Waals surface area (Å²) in [6, 6.07) is 3.53. The van der Waals surface area contributed by atoms with Crippen molar-refractivity contribution in [3.05, 3.63) is 35.5 Å². The maximum Gasteiger partial charge on any atom is 0.242 e. The number of nitrogens with two attached hydrogens (primary N) is 1. The highest BCUT2D eigenvalue weighted by atomic mass is 16.3. The van der Waals surface area contributed by atoms with Gasteiger partial charge in [0.05, 0.1) is 17.9 Å². The van der Waals surface area contributed by atoms with Crippen LogP contribution in [-0.2, 0) is 17.9 Å². The molecule has 0 bridgehead atoms. The molecule has 2 aromatic rings. The first kappa shape index (κ1) is 13.3. The quantitative estimate of drug-likeness (QED) is 0.819. The van der Waals surface area contributed by atoms with E-state index in [2.05, 4.69) is 15.6 Å². The molecule has 0 aliphatic heterocycles.